The molecule has 2 N–H and O–H groups in total. The van der Waals surface area contributed by atoms with Gasteiger partial charge in [-0.25, -0.2) is 0 Å². The second kappa shape index (κ2) is 11.7. The first-order valence-electron chi connectivity index (χ1n) is 11.2. The van der Waals surface area contributed by atoms with E-state index in [-0.39, 0.29) is 30.7 Å². The summed E-state index contributed by atoms with van der Waals surface area (Å²) in [6.45, 7) is 10.6. The molecule has 1 aromatic heterocycles. The fraction of sp³-hybridized carbons (Fsp3) is 0.360. The van der Waals surface area contributed by atoms with Gasteiger partial charge in [-0.1, -0.05) is 36.0 Å². The van der Waals surface area contributed by atoms with Gasteiger partial charge in [0.1, 0.15) is 5.75 Å². The minimum atomic E-state index is -0.240. The number of carbonyl (C=O) groups is 2. The summed E-state index contributed by atoms with van der Waals surface area (Å²) in [6.07, 6.45) is 0. The number of nitrogens with one attached hydrogen (secondary N) is 2. The molecule has 0 radical (unpaired) electrons. The van der Waals surface area contributed by atoms with Crippen LogP contribution in [-0.4, -0.2) is 38.9 Å². The predicted octanol–water partition coefficient (Wildman–Crippen LogP) is 3.96. The molecule has 1 heterocycles. The molecule has 0 bridgehead atoms. The third kappa shape index (κ3) is 6.84. The van der Waals surface area contributed by atoms with Crippen LogP contribution in [0.1, 0.15) is 35.0 Å². The zero-order chi connectivity index (χ0) is 24.7. The number of anilines is 1. The van der Waals surface area contributed by atoms with Crippen molar-refractivity contribution in [2.75, 3.05) is 17.7 Å². The van der Waals surface area contributed by atoms with Gasteiger partial charge >= 0.3 is 0 Å². The third-order valence-corrected chi connectivity index (χ3v) is 6.11. The van der Waals surface area contributed by atoms with E-state index in [1.54, 1.807) is 0 Å². The summed E-state index contributed by atoms with van der Waals surface area (Å²) in [4.78, 5) is 24.7. The Hall–Kier alpha value is -3.33. The van der Waals surface area contributed by atoms with Crippen LogP contribution in [0.3, 0.4) is 0 Å². The lowest BCUT2D eigenvalue weighted by atomic mass is 10.1. The largest absolute Gasteiger partial charge is 0.483 e. The molecule has 0 aliphatic carbocycles. The Balaban J connectivity index is 1.51. The van der Waals surface area contributed by atoms with Crippen molar-refractivity contribution in [2.24, 2.45) is 0 Å². The maximum Gasteiger partial charge on any atom is 0.258 e. The van der Waals surface area contributed by atoms with Crippen LogP contribution in [0.2, 0.25) is 0 Å². The Kier molecular flexibility index (Phi) is 8.70. The molecule has 0 aliphatic heterocycles. The first kappa shape index (κ1) is 25.3. The Morgan fingerprint density at radius 2 is 1.68 bits per heavy atom. The lowest BCUT2D eigenvalue weighted by molar-refractivity contribution is -0.123. The zero-order valence-corrected chi connectivity index (χ0v) is 21.1. The molecule has 8 nitrogen and oxygen atoms in total. The highest BCUT2D eigenvalue weighted by Crippen LogP contribution is 2.22. The highest BCUT2D eigenvalue weighted by molar-refractivity contribution is 7.99. The van der Waals surface area contributed by atoms with Crippen molar-refractivity contribution in [1.29, 1.82) is 0 Å². The molecule has 0 saturated heterocycles. The first-order valence-corrected chi connectivity index (χ1v) is 12.1. The summed E-state index contributed by atoms with van der Waals surface area (Å²) < 4.78 is 7.59. The normalized spacial score (nSPS) is 10.7. The standard InChI is InChI=1S/C25H31N5O3S/c1-6-30-21(13-26-22(31)14-33-24-18(4)8-7-9-19(24)5)28-29-25(30)34-15-23(32)27-20-11-16(2)10-17(3)12-20/h7-12H,6,13-15H2,1-5H3,(H,26,31)(H,27,32). The van der Waals surface area contributed by atoms with Crippen LogP contribution in [-0.2, 0) is 22.7 Å². The molecule has 0 spiro atoms. The lowest BCUT2D eigenvalue weighted by Gasteiger charge is -2.12. The van der Waals surface area contributed by atoms with Crippen molar-refractivity contribution >= 4 is 29.3 Å². The van der Waals surface area contributed by atoms with Crippen LogP contribution in [0.15, 0.2) is 41.6 Å². The molecule has 9 heteroatoms. The maximum absolute atomic E-state index is 12.4. The fourth-order valence-electron chi connectivity index (χ4n) is 3.64. The smallest absolute Gasteiger partial charge is 0.258 e. The van der Waals surface area contributed by atoms with Gasteiger partial charge in [-0.2, -0.15) is 0 Å². The number of rotatable bonds is 10. The quantitative estimate of drug-likeness (QED) is 0.426. The summed E-state index contributed by atoms with van der Waals surface area (Å²) >= 11 is 1.31. The number of thioether (sulfide) groups is 1. The summed E-state index contributed by atoms with van der Waals surface area (Å²) in [5.41, 5.74) is 4.95. The summed E-state index contributed by atoms with van der Waals surface area (Å²) in [5.74, 6) is 1.21. The maximum atomic E-state index is 12.4. The van der Waals surface area contributed by atoms with E-state index in [2.05, 4.69) is 26.9 Å². The molecule has 0 saturated carbocycles. The number of para-hydroxylation sites is 1. The molecule has 3 aromatic rings. The van der Waals surface area contributed by atoms with Gasteiger partial charge in [-0.05, 0) is 69.0 Å². The first-order chi connectivity index (χ1) is 16.3. The Morgan fingerprint density at radius 1 is 1.00 bits per heavy atom. The number of amides is 2. The number of carbonyl (C=O) groups excluding carboxylic acids is 2. The van der Waals surface area contributed by atoms with Crippen molar-refractivity contribution in [3.8, 4) is 5.75 Å². The van der Waals surface area contributed by atoms with E-state index in [0.717, 1.165) is 33.7 Å². The molecule has 0 unspecified atom stereocenters. The molecule has 0 fully saturated rings. The van der Waals surface area contributed by atoms with Crippen molar-refractivity contribution in [3.63, 3.8) is 0 Å². The topological polar surface area (TPSA) is 98.1 Å². The van der Waals surface area contributed by atoms with E-state index >= 15 is 0 Å². The van der Waals surface area contributed by atoms with Gasteiger partial charge < -0.3 is 19.9 Å². The lowest BCUT2D eigenvalue weighted by Crippen LogP contribution is -2.29. The van der Waals surface area contributed by atoms with Gasteiger partial charge in [0.25, 0.3) is 5.91 Å². The van der Waals surface area contributed by atoms with E-state index in [1.165, 1.54) is 11.8 Å². The third-order valence-electron chi connectivity index (χ3n) is 5.15. The summed E-state index contributed by atoms with van der Waals surface area (Å²) in [5, 5.41) is 14.8. The molecule has 3 rings (SSSR count). The minimum Gasteiger partial charge on any atom is -0.483 e. The Labute approximate surface area is 204 Å². The molecular weight excluding hydrogens is 450 g/mol. The average Bonchev–Trinajstić information content (AvgIpc) is 3.17. The molecule has 0 atom stereocenters. The van der Waals surface area contributed by atoms with Crippen LogP contribution in [0.5, 0.6) is 5.75 Å². The Bertz CT molecular complexity index is 1130. The molecule has 2 amide bonds. The van der Waals surface area contributed by atoms with Crippen LogP contribution in [0.4, 0.5) is 5.69 Å². The SMILES string of the molecule is CCn1c(CNC(=O)COc2c(C)cccc2C)nnc1SCC(=O)Nc1cc(C)cc(C)c1. The second-order valence-corrected chi connectivity index (χ2v) is 9.09. The van der Waals surface area contributed by atoms with Crippen molar-refractivity contribution in [3.05, 3.63) is 64.5 Å². The van der Waals surface area contributed by atoms with Gasteiger partial charge in [0.2, 0.25) is 5.91 Å². The summed E-state index contributed by atoms with van der Waals surface area (Å²) in [6, 6.07) is 11.8. The van der Waals surface area contributed by atoms with Crippen molar-refractivity contribution < 1.29 is 14.3 Å². The van der Waals surface area contributed by atoms with Gasteiger partial charge in [0.15, 0.2) is 17.6 Å². The van der Waals surface area contributed by atoms with Gasteiger partial charge in [-0.15, -0.1) is 10.2 Å². The number of hydrogen-bond acceptors (Lipinski definition) is 6. The van der Waals surface area contributed by atoms with Crippen molar-refractivity contribution in [1.82, 2.24) is 20.1 Å². The van der Waals surface area contributed by atoms with Crippen LogP contribution in [0, 0.1) is 27.7 Å². The highest BCUT2D eigenvalue weighted by atomic mass is 32.2. The number of aryl methyl sites for hydroxylation is 4. The monoisotopic (exact) mass is 481 g/mol. The Morgan fingerprint density at radius 3 is 2.32 bits per heavy atom. The van der Waals surface area contributed by atoms with E-state index in [4.69, 9.17) is 4.74 Å². The van der Waals surface area contributed by atoms with E-state index < -0.39 is 0 Å². The average molecular weight is 482 g/mol. The van der Waals surface area contributed by atoms with Gasteiger partial charge in [-0.3, -0.25) is 9.59 Å². The van der Waals surface area contributed by atoms with Crippen LogP contribution >= 0.6 is 11.8 Å². The van der Waals surface area contributed by atoms with E-state index in [1.807, 2.05) is 69.5 Å². The number of hydrogen-bond donors (Lipinski definition) is 2. The molecule has 180 valence electrons. The highest BCUT2D eigenvalue weighted by Gasteiger charge is 2.15. The zero-order valence-electron chi connectivity index (χ0n) is 20.3. The van der Waals surface area contributed by atoms with E-state index in [0.29, 0.717) is 17.5 Å². The number of aromatic nitrogens is 3. The fourth-order valence-corrected chi connectivity index (χ4v) is 4.46. The summed E-state index contributed by atoms with van der Waals surface area (Å²) in [7, 11) is 0. The number of benzene rings is 2. The second-order valence-electron chi connectivity index (χ2n) is 8.14. The van der Waals surface area contributed by atoms with Gasteiger partial charge in [0, 0.05) is 12.2 Å². The van der Waals surface area contributed by atoms with Crippen molar-refractivity contribution in [2.45, 2.75) is 52.9 Å². The minimum absolute atomic E-state index is 0.0772. The van der Waals surface area contributed by atoms with Gasteiger partial charge in [0.05, 0.1) is 12.3 Å². The predicted molar refractivity (Wildman–Crippen MR) is 134 cm³/mol. The number of ether oxygens (including phenoxy) is 1. The molecule has 2 aromatic carbocycles. The molecular formula is C25H31N5O3S. The molecule has 0 aliphatic rings. The van der Waals surface area contributed by atoms with Crippen LogP contribution < -0.4 is 15.4 Å². The van der Waals surface area contributed by atoms with E-state index in [9.17, 15) is 9.59 Å². The molecule has 34 heavy (non-hydrogen) atoms. The number of nitrogens with zero attached hydrogens (tertiary/aromatic N) is 3. The van der Waals surface area contributed by atoms with Crippen LogP contribution in [0.25, 0.3) is 0 Å².